The Morgan fingerprint density at radius 2 is 2.00 bits per heavy atom. The number of hydrogen-bond donors (Lipinski definition) is 1. The van der Waals surface area contributed by atoms with Crippen LogP contribution in [0.15, 0.2) is 30.5 Å². The Morgan fingerprint density at radius 1 is 1.25 bits per heavy atom. The van der Waals surface area contributed by atoms with Crippen LogP contribution in [0.5, 0.6) is 0 Å². The molecule has 0 bridgehead atoms. The minimum Gasteiger partial charge on any atom is -0.370 e. The predicted octanol–water partition coefficient (Wildman–Crippen LogP) is 2.21. The maximum Gasteiger partial charge on any atom is 0.225 e. The second kappa shape index (κ2) is 6.76. The minimum absolute atomic E-state index is 0.0472. The van der Waals surface area contributed by atoms with Gasteiger partial charge in [0.25, 0.3) is 0 Å². The smallest absolute Gasteiger partial charge is 0.225 e. The second-order valence-corrected chi connectivity index (χ2v) is 8.41. The molecule has 0 unspecified atom stereocenters. The van der Waals surface area contributed by atoms with Crippen molar-refractivity contribution >= 4 is 38.0 Å². The van der Waals surface area contributed by atoms with Crippen LogP contribution in [0, 0.1) is 0 Å². The van der Waals surface area contributed by atoms with Crippen LogP contribution >= 0.6 is 0 Å². The maximum atomic E-state index is 12.0. The summed E-state index contributed by atoms with van der Waals surface area (Å²) in [4.78, 5) is 18.8. The van der Waals surface area contributed by atoms with E-state index in [2.05, 4.69) is 15.2 Å². The molecule has 0 radical (unpaired) electrons. The number of benzene rings is 1. The average Bonchev–Trinajstić information content (AvgIpc) is 3.07. The number of rotatable bonds is 5. The van der Waals surface area contributed by atoms with Crippen LogP contribution in [-0.4, -0.2) is 44.4 Å². The largest absolute Gasteiger partial charge is 0.370 e. The fraction of sp³-hybridized carbons (Fsp3) is 0.412. The van der Waals surface area contributed by atoms with Crippen LogP contribution < -0.4 is 10.2 Å². The number of anilines is 2. The van der Waals surface area contributed by atoms with Crippen LogP contribution in [0.2, 0.25) is 0 Å². The molecule has 128 valence electrons. The fourth-order valence-electron chi connectivity index (χ4n) is 2.97. The summed E-state index contributed by atoms with van der Waals surface area (Å²) in [5.41, 5.74) is 2.61. The Bertz CT molecular complexity index is 859. The summed E-state index contributed by atoms with van der Waals surface area (Å²) >= 11 is 0. The first kappa shape index (κ1) is 16.7. The molecule has 2 heterocycles. The molecule has 6 nitrogen and oxygen atoms in total. The van der Waals surface area contributed by atoms with Gasteiger partial charge in [0.15, 0.2) is 0 Å². The molecule has 7 heteroatoms. The average molecular weight is 347 g/mol. The van der Waals surface area contributed by atoms with Gasteiger partial charge < -0.3 is 10.2 Å². The summed E-state index contributed by atoms with van der Waals surface area (Å²) < 4.78 is 22.4. The third kappa shape index (κ3) is 3.84. The van der Waals surface area contributed by atoms with E-state index in [4.69, 9.17) is 0 Å². The Kier molecular flexibility index (Phi) is 4.71. The zero-order valence-corrected chi connectivity index (χ0v) is 14.5. The van der Waals surface area contributed by atoms with E-state index in [1.807, 2.05) is 24.3 Å². The highest BCUT2D eigenvalue weighted by Gasteiger charge is 2.17. The van der Waals surface area contributed by atoms with Crippen molar-refractivity contribution in [3.63, 3.8) is 0 Å². The van der Waals surface area contributed by atoms with E-state index in [1.54, 1.807) is 6.20 Å². The lowest BCUT2D eigenvalue weighted by Gasteiger charge is -2.20. The number of carbonyl (C=O) groups excluding carboxylic acids is 1. The van der Waals surface area contributed by atoms with Gasteiger partial charge >= 0.3 is 0 Å². The Morgan fingerprint density at radius 3 is 2.71 bits per heavy atom. The molecule has 1 fully saturated rings. The quantitative estimate of drug-likeness (QED) is 0.897. The SMILES string of the molecule is CS(=O)(=O)CCC(=O)Nc1ccc(N2CCCC2)c2ncccc12. The molecule has 1 aromatic heterocycles. The summed E-state index contributed by atoms with van der Waals surface area (Å²) in [7, 11) is -3.15. The van der Waals surface area contributed by atoms with Gasteiger partial charge in [0.2, 0.25) is 5.91 Å². The van der Waals surface area contributed by atoms with Crippen molar-refractivity contribution in [3.8, 4) is 0 Å². The summed E-state index contributed by atoms with van der Waals surface area (Å²) in [6, 6.07) is 7.61. The number of fused-ring (bicyclic) bond motifs is 1. The zero-order chi connectivity index (χ0) is 17.2. The van der Waals surface area contributed by atoms with Crippen LogP contribution in [0.3, 0.4) is 0 Å². The number of carbonyl (C=O) groups is 1. The molecule has 24 heavy (non-hydrogen) atoms. The molecule has 0 atom stereocenters. The molecule has 1 aliphatic rings. The van der Waals surface area contributed by atoms with Crippen molar-refractivity contribution in [1.29, 1.82) is 0 Å². The van der Waals surface area contributed by atoms with Gasteiger partial charge in [0.1, 0.15) is 9.84 Å². The molecule has 1 amide bonds. The molecule has 1 aliphatic heterocycles. The third-order valence-electron chi connectivity index (χ3n) is 4.17. The minimum atomic E-state index is -3.15. The fourth-order valence-corrected chi connectivity index (χ4v) is 3.53. The molecule has 0 aliphatic carbocycles. The van der Waals surface area contributed by atoms with E-state index in [-0.39, 0.29) is 18.1 Å². The summed E-state index contributed by atoms with van der Waals surface area (Å²) in [6.07, 6.45) is 5.19. The van der Waals surface area contributed by atoms with Crippen LogP contribution in [0.4, 0.5) is 11.4 Å². The molecule has 1 N–H and O–H groups in total. The Labute approximate surface area is 141 Å². The first-order chi connectivity index (χ1) is 11.4. The highest BCUT2D eigenvalue weighted by Crippen LogP contribution is 2.32. The predicted molar refractivity (Wildman–Crippen MR) is 96.1 cm³/mol. The third-order valence-corrected chi connectivity index (χ3v) is 5.11. The number of nitrogens with zero attached hydrogens (tertiary/aromatic N) is 2. The zero-order valence-electron chi connectivity index (χ0n) is 13.7. The standard InChI is InChI=1S/C17H21N3O3S/c1-24(22,23)12-8-16(21)19-14-6-7-15(20-10-2-3-11-20)17-13(14)5-4-9-18-17/h4-7,9H,2-3,8,10-12H2,1H3,(H,19,21). The molecule has 1 aromatic carbocycles. The van der Waals surface area contributed by atoms with Gasteiger partial charge in [-0.2, -0.15) is 0 Å². The maximum absolute atomic E-state index is 12.0. The van der Waals surface area contributed by atoms with Crippen molar-refractivity contribution in [2.45, 2.75) is 19.3 Å². The number of aromatic nitrogens is 1. The summed E-state index contributed by atoms with van der Waals surface area (Å²) in [5, 5.41) is 3.68. The molecular weight excluding hydrogens is 326 g/mol. The highest BCUT2D eigenvalue weighted by atomic mass is 32.2. The van der Waals surface area contributed by atoms with Crippen LogP contribution in [0.25, 0.3) is 10.9 Å². The number of hydrogen-bond acceptors (Lipinski definition) is 5. The van der Waals surface area contributed by atoms with Crippen molar-refractivity contribution in [2.75, 3.05) is 35.3 Å². The number of amides is 1. The lowest BCUT2D eigenvalue weighted by atomic mass is 10.1. The van der Waals surface area contributed by atoms with Gasteiger partial charge in [-0.25, -0.2) is 8.42 Å². The molecule has 1 saturated heterocycles. The van der Waals surface area contributed by atoms with E-state index in [0.717, 1.165) is 35.9 Å². The van der Waals surface area contributed by atoms with Crippen molar-refractivity contribution in [1.82, 2.24) is 4.98 Å². The van der Waals surface area contributed by atoms with E-state index < -0.39 is 9.84 Å². The highest BCUT2D eigenvalue weighted by molar-refractivity contribution is 7.90. The van der Waals surface area contributed by atoms with E-state index >= 15 is 0 Å². The van der Waals surface area contributed by atoms with Crippen molar-refractivity contribution < 1.29 is 13.2 Å². The number of pyridine rings is 1. The van der Waals surface area contributed by atoms with Gasteiger partial charge in [-0.15, -0.1) is 0 Å². The first-order valence-corrected chi connectivity index (χ1v) is 10.1. The van der Waals surface area contributed by atoms with Gasteiger partial charge in [-0.05, 0) is 37.1 Å². The monoisotopic (exact) mass is 347 g/mol. The van der Waals surface area contributed by atoms with E-state index in [1.165, 1.54) is 12.8 Å². The van der Waals surface area contributed by atoms with Crippen LogP contribution in [0.1, 0.15) is 19.3 Å². The first-order valence-electron chi connectivity index (χ1n) is 8.04. The summed E-state index contributed by atoms with van der Waals surface area (Å²) in [6.45, 7) is 2.04. The van der Waals surface area contributed by atoms with Crippen molar-refractivity contribution in [2.24, 2.45) is 0 Å². The topological polar surface area (TPSA) is 79.4 Å². The molecule has 2 aromatic rings. The Hall–Kier alpha value is -2.15. The second-order valence-electron chi connectivity index (χ2n) is 6.15. The number of nitrogens with one attached hydrogen (secondary N) is 1. The van der Waals surface area contributed by atoms with Gasteiger partial charge in [-0.1, -0.05) is 0 Å². The van der Waals surface area contributed by atoms with Crippen molar-refractivity contribution in [3.05, 3.63) is 30.5 Å². The van der Waals surface area contributed by atoms with E-state index in [9.17, 15) is 13.2 Å². The Balaban J connectivity index is 1.87. The lowest BCUT2D eigenvalue weighted by molar-refractivity contribution is -0.115. The summed E-state index contributed by atoms with van der Waals surface area (Å²) in [5.74, 6) is -0.458. The van der Waals surface area contributed by atoms with Crippen LogP contribution in [-0.2, 0) is 14.6 Å². The molecule has 0 spiro atoms. The van der Waals surface area contributed by atoms with Gasteiger partial charge in [0, 0.05) is 37.3 Å². The molecular formula is C17H21N3O3S. The molecule has 0 saturated carbocycles. The number of sulfone groups is 1. The van der Waals surface area contributed by atoms with Gasteiger partial charge in [-0.3, -0.25) is 9.78 Å². The normalized spacial score (nSPS) is 15.0. The van der Waals surface area contributed by atoms with E-state index in [0.29, 0.717) is 5.69 Å². The lowest BCUT2D eigenvalue weighted by Crippen LogP contribution is -2.19. The van der Waals surface area contributed by atoms with Gasteiger partial charge in [0.05, 0.1) is 22.6 Å². The molecule has 3 rings (SSSR count).